The lowest BCUT2D eigenvalue weighted by molar-refractivity contribution is 0.924. The van der Waals surface area contributed by atoms with Crippen molar-refractivity contribution in [2.24, 2.45) is 5.73 Å². The zero-order valence-corrected chi connectivity index (χ0v) is 11.6. The molecule has 16 heavy (non-hydrogen) atoms. The van der Waals surface area contributed by atoms with E-state index in [0.717, 1.165) is 0 Å². The van der Waals surface area contributed by atoms with Gasteiger partial charge in [-0.3, -0.25) is 0 Å². The first-order valence-electron chi connectivity index (χ1n) is 5.98. The predicted octanol–water partition coefficient (Wildman–Crippen LogP) is 4.24. The van der Waals surface area contributed by atoms with Crippen molar-refractivity contribution in [3.05, 3.63) is 47.5 Å². The van der Waals surface area contributed by atoms with Crippen LogP contribution in [0.3, 0.4) is 0 Å². The molecular weight excluding hydrogens is 194 g/mol. The minimum atomic E-state index is 0.218. The quantitative estimate of drug-likeness (QED) is 0.705. The van der Waals surface area contributed by atoms with E-state index in [0.29, 0.717) is 0 Å². The highest BCUT2D eigenvalue weighted by Crippen LogP contribution is 2.00. The highest BCUT2D eigenvalue weighted by Gasteiger charge is 1.80. The standard InChI is InChI=1S/C8H10.C5H11N.C2H6/c1-7-4-3-5-8(2)6-7;1-3-4-5(2)6;1-2/h3-6H,1-2H3;3-5H,6H2,1-2H3;1-2H3/b;4-3-;. The minimum Gasteiger partial charge on any atom is -0.325 e. The van der Waals surface area contributed by atoms with Crippen molar-refractivity contribution >= 4 is 0 Å². The second kappa shape index (κ2) is 12.0. The first-order valence-corrected chi connectivity index (χ1v) is 5.98. The molecule has 0 aromatic heterocycles. The molecule has 1 unspecified atom stereocenters. The van der Waals surface area contributed by atoms with Crippen LogP contribution in [0.1, 0.15) is 38.8 Å². The van der Waals surface area contributed by atoms with Crippen LogP contribution in [0, 0.1) is 13.8 Å². The van der Waals surface area contributed by atoms with Gasteiger partial charge >= 0.3 is 0 Å². The maximum Gasteiger partial charge on any atom is 0.0194 e. The molecule has 1 heteroatoms. The Balaban J connectivity index is 0. The summed E-state index contributed by atoms with van der Waals surface area (Å²) in [4.78, 5) is 0. The Hall–Kier alpha value is -1.08. The number of hydrogen-bond donors (Lipinski definition) is 1. The number of allylic oxidation sites excluding steroid dienone is 1. The molecule has 0 amide bonds. The van der Waals surface area contributed by atoms with Crippen molar-refractivity contribution in [1.82, 2.24) is 0 Å². The van der Waals surface area contributed by atoms with Gasteiger partial charge in [-0.2, -0.15) is 0 Å². The summed E-state index contributed by atoms with van der Waals surface area (Å²) in [7, 11) is 0. The maximum absolute atomic E-state index is 5.32. The zero-order chi connectivity index (χ0) is 13.0. The molecule has 1 rings (SSSR count). The van der Waals surface area contributed by atoms with Crippen LogP contribution in [0.4, 0.5) is 0 Å². The molecule has 0 spiro atoms. The van der Waals surface area contributed by atoms with E-state index in [1.165, 1.54) is 11.1 Å². The summed E-state index contributed by atoms with van der Waals surface area (Å²) in [6, 6.07) is 8.67. The topological polar surface area (TPSA) is 26.0 Å². The van der Waals surface area contributed by atoms with Crippen LogP contribution in [0.25, 0.3) is 0 Å². The van der Waals surface area contributed by atoms with E-state index < -0.39 is 0 Å². The molecule has 2 N–H and O–H groups in total. The van der Waals surface area contributed by atoms with Gasteiger partial charge in [-0.15, -0.1) is 0 Å². The van der Waals surface area contributed by atoms with Crippen LogP contribution in [0.15, 0.2) is 36.4 Å². The van der Waals surface area contributed by atoms with Gasteiger partial charge in [-0.1, -0.05) is 61.4 Å². The molecule has 92 valence electrons. The van der Waals surface area contributed by atoms with Crippen molar-refractivity contribution in [1.29, 1.82) is 0 Å². The van der Waals surface area contributed by atoms with E-state index in [2.05, 4.69) is 38.1 Å². The summed E-state index contributed by atoms with van der Waals surface area (Å²) < 4.78 is 0. The van der Waals surface area contributed by atoms with Gasteiger partial charge in [0.15, 0.2) is 0 Å². The van der Waals surface area contributed by atoms with Crippen molar-refractivity contribution in [3.8, 4) is 0 Å². The van der Waals surface area contributed by atoms with E-state index in [1.807, 2.05) is 39.8 Å². The maximum atomic E-state index is 5.32. The van der Waals surface area contributed by atoms with Gasteiger partial charge in [0.25, 0.3) is 0 Å². The zero-order valence-electron chi connectivity index (χ0n) is 11.6. The van der Waals surface area contributed by atoms with Gasteiger partial charge in [0, 0.05) is 6.04 Å². The van der Waals surface area contributed by atoms with E-state index >= 15 is 0 Å². The second-order valence-corrected chi connectivity index (χ2v) is 3.54. The molecule has 0 saturated carbocycles. The lowest BCUT2D eigenvalue weighted by atomic mass is 10.2. The number of hydrogen-bond acceptors (Lipinski definition) is 1. The SMILES string of the molecule is C/C=C\C(C)N.CC.Cc1cccc(C)c1. The number of benzene rings is 1. The lowest BCUT2D eigenvalue weighted by Crippen LogP contribution is -2.09. The molecule has 0 aliphatic rings. The third-order valence-corrected chi connectivity index (χ3v) is 1.67. The monoisotopic (exact) mass is 221 g/mol. The van der Waals surface area contributed by atoms with Crippen molar-refractivity contribution in [2.75, 3.05) is 0 Å². The van der Waals surface area contributed by atoms with Gasteiger partial charge < -0.3 is 5.73 Å². The third kappa shape index (κ3) is 12.9. The number of aryl methyl sites for hydroxylation is 2. The fourth-order valence-corrected chi connectivity index (χ4v) is 1.11. The van der Waals surface area contributed by atoms with Crippen molar-refractivity contribution in [2.45, 2.75) is 47.6 Å². The smallest absolute Gasteiger partial charge is 0.0194 e. The third-order valence-electron chi connectivity index (χ3n) is 1.67. The van der Waals surface area contributed by atoms with E-state index in [-0.39, 0.29) is 6.04 Å². The van der Waals surface area contributed by atoms with E-state index in [4.69, 9.17) is 5.73 Å². The van der Waals surface area contributed by atoms with Gasteiger partial charge in [-0.05, 0) is 27.7 Å². The average molecular weight is 221 g/mol. The molecular formula is C15H27N. The number of rotatable bonds is 1. The normalized spacial score (nSPS) is 10.9. The van der Waals surface area contributed by atoms with Crippen LogP contribution in [-0.2, 0) is 0 Å². The van der Waals surface area contributed by atoms with Gasteiger partial charge in [0.1, 0.15) is 0 Å². The first kappa shape index (κ1) is 17.3. The van der Waals surface area contributed by atoms with E-state index in [1.54, 1.807) is 0 Å². The summed E-state index contributed by atoms with van der Waals surface area (Å²) in [6.45, 7) is 12.1. The summed E-state index contributed by atoms with van der Waals surface area (Å²) >= 11 is 0. The fraction of sp³-hybridized carbons (Fsp3) is 0.467. The van der Waals surface area contributed by atoms with Gasteiger partial charge in [0.2, 0.25) is 0 Å². The Morgan fingerprint density at radius 3 is 1.69 bits per heavy atom. The minimum absolute atomic E-state index is 0.218. The molecule has 0 heterocycles. The number of nitrogens with two attached hydrogens (primary N) is 1. The first-order chi connectivity index (χ1) is 7.56. The molecule has 0 radical (unpaired) electrons. The van der Waals surface area contributed by atoms with Gasteiger partial charge in [0.05, 0.1) is 0 Å². The largest absolute Gasteiger partial charge is 0.325 e. The molecule has 1 atom stereocenters. The van der Waals surface area contributed by atoms with Crippen molar-refractivity contribution < 1.29 is 0 Å². The lowest BCUT2D eigenvalue weighted by Gasteiger charge is -1.90. The van der Waals surface area contributed by atoms with E-state index in [9.17, 15) is 0 Å². The molecule has 0 aliphatic carbocycles. The summed E-state index contributed by atoms with van der Waals surface area (Å²) in [6.07, 6.45) is 3.89. The predicted molar refractivity (Wildman–Crippen MR) is 75.7 cm³/mol. The van der Waals surface area contributed by atoms with Crippen LogP contribution < -0.4 is 5.73 Å². The summed E-state index contributed by atoms with van der Waals surface area (Å²) in [5.41, 5.74) is 7.99. The molecule has 1 nitrogen and oxygen atoms in total. The van der Waals surface area contributed by atoms with Gasteiger partial charge in [-0.25, -0.2) is 0 Å². The summed E-state index contributed by atoms with van der Waals surface area (Å²) in [5.74, 6) is 0. The van der Waals surface area contributed by atoms with Crippen molar-refractivity contribution in [3.63, 3.8) is 0 Å². The summed E-state index contributed by atoms with van der Waals surface area (Å²) in [5, 5.41) is 0. The Bertz CT molecular complexity index is 257. The molecule has 0 saturated heterocycles. The molecule has 1 aromatic rings. The molecule has 0 aliphatic heterocycles. The Labute approximate surface area is 101 Å². The second-order valence-electron chi connectivity index (χ2n) is 3.54. The highest BCUT2D eigenvalue weighted by atomic mass is 14.6. The van der Waals surface area contributed by atoms with Crippen LogP contribution in [0.2, 0.25) is 0 Å². The fourth-order valence-electron chi connectivity index (χ4n) is 1.11. The van der Waals surface area contributed by atoms with Crippen LogP contribution in [-0.4, -0.2) is 6.04 Å². The van der Waals surface area contributed by atoms with Crippen LogP contribution in [0.5, 0.6) is 0 Å². The average Bonchev–Trinajstić information content (AvgIpc) is 2.21. The molecule has 0 fully saturated rings. The Morgan fingerprint density at radius 2 is 1.56 bits per heavy atom. The Morgan fingerprint density at radius 1 is 1.12 bits per heavy atom. The Kier molecular flexibility index (Phi) is 13.0. The molecule has 0 bridgehead atoms. The van der Waals surface area contributed by atoms with Crippen LogP contribution >= 0.6 is 0 Å². The highest BCUT2D eigenvalue weighted by molar-refractivity contribution is 5.20. The molecule has 1 aromatic carbocycles.